The predicted molar refractivity (Wildman–Crippen MR) is 123 cm³/mol. The van der Waals surface area contributed by atoms with Crippen LogP contribution in [-0.4, -0.2) is 70.6 Å². The van der Waals surface area contributed by atoms with Crippen LogP contribution in [0.2, 0.25) is 0 Å². The molecule has 31 heavy (non-hydrogen) atoms. The van der Waals surface area contributed by atoms with Crippen LogP contribution < -0.4 is 15.5 Å². The Morgan fingerprint density at radius 3 is 2.65 bits per heavy atom. The average Bonchev–Trinajstić information content (AvgIpc) is 3.17. The van der Waals surface area contributed by atoms with Gasteiger partial charge < -0.3 is 25.0 Å². The number of amides is 1. The molecular formula is C22H30N8O. The van der Waals surface area contributed by atoms with E-state index in [1.165, 1.54) is 0 Å². The Labute approximate surface area is 182 Å². The fourth-order valence-corrected chi connectivity index (χ4v) is 3.78. The summed E-state index contributed by atoms with van der Waals surface area (Å²) in [5.41, 5.74) is 2.48. The molecule has 1 atom stereocenters. The van der Waals surface area contributed by atoms with E-state index in [0.29, 0.717) is 17.5 Å². The number of pyridine rings is 1. The number of aromatic nitrogens is 4. The van der Waals surface area contributed by atoms with Gasteiger partial charge in [0.05, 0.1) is 11.9 Å². The number of hydrogen-bond donors (Lipinski definition) is 2. The lowest BCUT2D eigenvalue weighted by Gasteiger charge is -2.29. The van der Waals surface area contributed by atoms with Crippen molar-refractivity contribution in [2.24, 2.45) is 0 Å². The maximum atomic E-state index is 12.7. The normalized spacial score (nSPS) is 15.2. The summed E-state index contributed by atoms with van der Waals surface area (Å²) in [5, 5.41) is 7.40. The Bertz CT molecular complexity index is 1050. The van der Waals surface area contributed by atoms with Gasteiger partial charge in [-0.3, -0.25) is 4.79 Å². The molecule has 1 fully saturated rings. The van der Waals surface area contributed by atoms with Crippen LogP contribution in [0.25, 0.3) is 11.0 Å². The van der Waals surface area contributed by atoms with Crippen molar-refractivity contribution in [3.8, 4) is 0 Å². The highest BCUT2D eigenvalue weighted by Gasteiger charge is 2.21. The van der Waals surface area contributed by atoms with Gasteiger partial charge in [0.15, 0.2) is 0 Å². The second-order valence-corrected chi connectivity index (χ2v) is 8.09. The first kappa shape index (κ1) is 21.0. The van der Waals surface area contributed by atoms with E-state index in [-0.39, 0.29) is 11.9 Å². The van der Waals surface area contributed by atoms with Crippen LogP contribution in [0.15, 0.2) is 30.6 Å². The van der Waals surface area contributed by atoms with Gasteiger partial charge in [-0.15, -0.1) is 0 Å². The van der Waals surface area contributed by atoms with E-state index in [4.69, 9.17) is 4.98 Å². The Morgan fingerprint density at radius 2 is 2.00 bits per heavy atom. The van der Waals surface area contributed by atoms with Crippen LogP contribution in [0, 0.1) is 0 Å². The lowest BCUT2D eigenvalue weighted by atomic mass is 10.2. The predicted octanol–water partition coefficient (Wildman–Crippen LogP) is 2.65. The van der Waals surface area contributed by atoms with Crippen molar-refractivity contribution in [3.63, 3.8) is 0 Å². The van der Waals surface area contributed by atoms with Gasteiger partial charge in [-0.2, -0.15) is 4.98 Å². The molecule has 2 N–H and O–H groups in total. The number of anilines is 3. The van der Waals surface area contributed by atoms with Crippen molar-refractivity contribution in [2.45, 2.75) is 26.3 Å². The first-order valence-electron chi connectivity index (χ1n) is 10.8. The molecule has 4 heterocycles. The molecule has 4 rings (SSSR count). The number of carbonyl (C=O) groups excluding carboxylic acids is 1. The van der Waals surface area contributed by atoms with Crippen LogP contribution in [0.4, 0.5) is 17.5 Å². The van der Waals surface area contributed by atoms with E-state index >= 15 is 0 Å². The monoisotopic (exact) mass is 422 g/mol. The molecule has 0 aliphatic carbocycles. The number of nitrogens with one attached hydrogen (secondary N) is 2. The molecule has 0 radical (unpaired) electrons. The van der Waals surface area contributed by atoms with E-state index in [0.717, 1.165) is 49.3 Å². The van der Waals surface area contributed by atoms with Crippen LogP contribution in [0.5, 0.6) is 0 Å². The van der Waals surface area contributed by atoms with Gasteiger partial charge in [-0.1, -0.05) is 6.92 Å². The third-order valence-electron chi connectivity index (χ3n) is 5.70. The summed E-state index contributed by atoms with van der Waals surface area (Å²) in [5.74, 6) is 1.10. The molecule has 0 bridgehead atoms. The molecule has 9 nitrogen and oxygen atoms in total. The van der Waals surface area contributed by atoms with Crippen molar-refractivity contribution >= 4 is 34.4 Å². The second-order valence-electron chi connectivity index (χ2n) is 8.09. The maximum Gasteiger partial charge on any atom is 0.270 e. The number of fused-ring (bicyclic) bond motifs is 1. The zero-order valence-electron chi connectivity index (χ0n) is 18.6. The molecule has 3 aromatic rings. The third kappa shape index (κ3) is 4.32. The van der Waals surface area contributed by atoms with Crippen LogP contribution in [0.3, 0.4) is 0 Å². The van der Waals surface area contributed by atoms with E-state index in [1.807, 2.05) is 22.9 Å². The third-order valence-corrected chi connectivity index (χ3v) is 5.70. The molecule has 0 saturated carbocycles. The molecule has 1 amide bonds. The van der Waals surface area contributed by atoms with Crippen molar-refractivity contribution in [2.75, 3.05) is 50.5 Å². The SMILES string of the molecule is CCC(C)n1c(C(=O)N(C)C)cc2cnc(Nc3ccc(N4CCNCC4)cn3)nc21. The molecule has 3 aromatic heterocycles. The standard InChI is InChI=1S/C22H30N8O/c1-5-15(2)30-18(21(31)28(3)4)12-16-13-25-22(27-20(16)30)26-19-7-6-17(14-24-19)29-10-8-23-9-11-29/h6-7,12-15,23H,5,8-11H2,1-4H3,(H,24,25,26,27). The van der Waals surface area contributed by atoms with Crippen molar-refractivity contribution in [3.05, 3.63) is 36.3 Å². The minimum atomic E-state index is -0.0435. The summed E-state index contributed by atoms with van der Waals surface area (Å²) >= 11 is 0. The summed E-state index contributed by atoms with van der Waals surface area (Å²) < 4.78 is 2.01. The van der Waals surface area contributed by atoms with Crippen molar-refractivity contribution < 1.29 is 4.79 Å². The molecule has 1 saturated heterocycles. The summed E-state index contributed by atoms with van der Waals surface area (Å²) in [7, 11) is 3.52. The smallest absolute Gasteiger partial charge is 0.270 e. The topological polar surface area (TPSA) is 91.2 Å². The van der Waals surface area contributed by atoms with Crippen LogP contribution in [-0.2, 0) is 0 Å². The van der Waals surface area contributed by atoms with Gasteiger partial charge in [0.1, 0.15) is 17.2 Å². The summed E-state index contributed by atoms with van der Waals surface area (Å²) in [6.45, 7) is 8.13. The fraction of sp³-hybridized carbons (Fsp3) is 0.455. The minimum absolute atomic E-state index is 0.0435. The quantitative estimate of drug-likeness (QED) is 0.631. The molecule has 1 unspecified atom stereocenters. The zero-order valence-corrected chi connectivity index (χ0v) is 18.6. The van der Waals surface area contributed by atoms with E-state index in [2.05, 4.69) is 45.4 Å². The molecule has 1 aliphatic rings. The molecule has 0 aromatic carbocycles. The Kier molecular flexibility index (Phi) is 6.03. The van der Waals surface area contributed by atoms with Gasteiger partial charge in [-0.05, 0) is 31.5 Å². The highest BCUT2D eigenvalue weighted by molar-refractivity contribution is 5.97. The minimum Gasteiger partial charge on any atom is -0.368 e. The molecule has 9 heteroatoms. The fourth-order valence-electron chi connectivity index (χ4n) is 3.78. The van der Waals surface area contributed by atoms with Crippen molar-refractivity contribution in [1.29, 1.82) is 0 Å². The Hall–Kier alpha value is -3.20. The van der Waals surface area contributed by atoms with E-state index in [1.54, 1.807) is 25.2 Å². The summed E-state index contributed by atoms with van der Waals surface area (Å²) in [4.78, 5) is 30.3. The second kappa shape index (κ2) is 8.89. The first-order valence-corrected chi connectivity index (χ1v) is 10.8. The maximum absolute atomic E-state index is 12.7. The number of rotatable bonds is 6. The van der Waals surface area contributed by atoms with Gasteiger partial charge in [0.25, 0.3) is 5.91 Å². The molecule has 1 aliphatic heterocycles. The number of piperazine rings is 1. The summed E-state index contributed by atoms with van der Waals surface area (Å²) in [6.07, 6.45) is 4.52. The average molecular weight is 423 g/mol. The van der Waals surface area contributed by atoms with Crippen LogP contribution in [0.1, 0.15) is 36.8 Å². The van der Waals surface area contributed by atoms with Gasteiger partial charge in [-0.25, -0.2) is 9.97 Å². The highest BCUT2D eigenvalue weighted by atomic mass is 16.2. The Balaban J connectivity index is 1.62. The number of hydrogen-bond acceptors (Lipinski definition) is 7. The first-order chi connectivity index (χ1) is 15.0. The van der Waals surface area contributed by atoms with Crippen molar-refractivity contribution in [1.82, 2.24) is 29.7 Å². The highest BCUT2D eigenvalue weighted by Crippen LogP contribution is 2.26. The van der Waals surface area contributed by atoms with E-state index < -0.39 is 0 Å². The number of carbonyl (C=O) groups is 1. The lowest BCUT2D eigenvalue weighted by molar-refractivity contribution is 0.0815. The number of nitrogens with zero attached hydrogens (tertiary/aromatic N) is 6. The molecule has 0 spiro atoms. The van der Waals surface area contributed by atoms with Gasteiger partial charge in [0.2, 0.25) is 5.95 Å². The van der Waals surface area contributed by atoms with Gasteiger partial charge >= 0.3 is 0 Å². The molecular weight excluding hydrogens is 392 g/mol. The summed E-state index contributed by atoms with van der Waals surface area (Å²) in [6, 6.07) is 6.01. The lowest BCUT2D eigenvalue weighted by Crippen LogP contribution is -2.43. The van der Waals surface area contributed by atoms with Crippen LogP contribution >= 0.6 is 0 Å². The zero-order chi connectivity index (χ0) is 22.0. The van der Waals surface area contributed by atoms with Gasteiger partial charge in [0, 0.05) is 57.9 Å². The Morgan fingerprint density at radius 1 is 1.23 bits per heavy atom. The van der Waals surface area contributed by atoms with E-state index in [9.17, 15) is 4.79 Å². The largest absolute Gasteiger partial charge is 0.368 e. The molecule has 164 valence electrons.